The molecule has 2 aromatic rings. The Morgan fingerprint density at radius 3 is 2.56 bits per heavy atom. The van der Waals surface area contributed by atoms with Crippen molar-refractivity contribution >= 4 is 21.8 Å². The van der Waals surface area contributed by atoms with E-state index in [0.717, 1.165) is 17.8 Å². The Hall–Kier alpha value is -2.33. The third-order valence-corrected chi connectivity index (χ3v) is 4.57. The number of halogens is 2. The van der Waals surface area contributed by atoms with Crippen LogP contribution in [0.4, 0.5) is 20.5 Å². The van der Waals surface area contributed by atoms with Crippen LogP contribution in [0.5, 0.6) is 0 Å². The number of nitrogens with zero attached hydrogens (tertiary/aromatic N) is 2. The van der Waals surface area contributed by atoms with E-state index < -0.39 is 26.6 Å². The topological polar surface area (TPSA) is 96.0 Å². The zero-order valence-corrected chi connectivity index (χ0v) is 14.6. The van der Waals surface area contributed by atoms with Gasteiger partial charge >= 0.3 is 0 Å². The Morgan fingerprint density at radius 1 is 1.08 bits per heavy atom. The molecule has 7 nitrogen and oxygen atoms in total. The van der Waals surface area contributed by atoms with Crippen LogP contribution in [0.15, 0.2) is 29.2 Å². The van der Waals surface area contributed by atoms with Crippen molar-refractivity contribution in [3.63, 3.8) is 0 Å². The maximum atomic E-state index is 13.6. The van der Waals surface area contributed by atoms with Crippen molar-refractivity contribution in [2.75, 3.05) is 30.3 Å². The van der Waals surface area contributed by atoms with Gasteiger partial charge in [-0.3, -0.25) is 0 Å². The molecule has 0 fully saturated rings. The van der Waals surface area contributed by atoms with Crippen molar-refractivity contribution in [2.45, 2.75) is 18.7 Å². The van der Waals surface area contributed by atoms with E-state index in [2.05, 4.69) is 25.3 Å². The van der Waals surface area contributed by atoms with Crippen molar-refractivity contribution in [3.8, 4) is 0 Å². The van der Waals surface area contributed by atoms with Crippen molar-refractivity contribution < 1.29 is 17.2 Å². The van der Waals surface area contributed by atoms with Crippen LogP contribution in [0, 0.1) is 18.6 Å². The summed E-state index contributed by atoms with van der Waals surface area (Å²) in [5.41, 5.74) is 0.746. The van der Waals surface area contributed by atoms with E-state index in [1.165, 1.54) is 0 Å². The van der Waals surface area contributed by atoms with Gasteiger partial charge in [0.1, 0.15) is 22.3 Å². The molecule has 10 heteroatoms. The molecule has 25 heavy (non-hydrogen) atoms. The highest BCUT2D eigenvalue weighted by atomic mass is 32.2. The standard InChI is InChI=1S/C15H19F2N5O2S/c1-3-18-15-21-10(2)8-14(22-15)19-6-7-20-25(23,24)13-9-11(16)4-5-12(13)17/h4-5,8-9,20H,3,6-7H2,1-2H3,(H2,18,19,21,22). The Balaban J connectivity index is 1.95. The molecule has 3 N–H and O–H groups in total. The number of sulfonamides is 1. The minimum atomic E-state index is -4.14. The lowest BCUT2D eigenvalue weighted by Gasteiger charge is -2.10. The molecule has 0 saturated carbocycles. The minimum Gasteiger partial charge on any atom is -0.369 e. The molecule has 1 heterocycles. The number of aryl methyl sites for hydroxylation is 1. The second kappa shape index (κ2) is 8.17. The van der Waals surface area contributed by atoms with Gasteiger partial charge in [0.25, 0.3) is 0 Å². The molecule has 0 aliphatic carbocycles. The number of hydrogen-bond acceptors (Lipinski definition) is 6. The van der Waals surface area contributed by atoms with Gasteiger partial charge in [-0.1, -0.05) is 0 Å². The first-order chi connectivity index (χ1) is 11.8. The van der Waals surface area contributed by atoms with E-state index in [1.807, 2.05) is 13.8 Å². The van der Waals surface area contributed by atoms with Crippen LogP contribution in [0.1, 0.15) is 12.6 Å². The van der Waals surface area contributed by atoms with Gasteiger partial charge in [-0.2, -0.15) is 4.98 Å². The predicted octanol–water partition coefficient (Wildman–Crippen LogP) is 1.89. The fraction of sp³-hybridized carbons (Fsp3) is 0.333. The number of nitrogens with one attached hydrogen (secondary N) is 3. The van der Waals surface area contributed by atoms with Gasteiger partial charge in [0, 0.05) is 31.4 Å². The summed E-state index contributed by atoms with van der Waals surface area (Å²) in [4.78, 5) is 7.70. The smallest absolute Gasteiger partial charge is 0.243 e. The monoisotopic (exact) mass is 371 g/mol. The minimum absolute atomic E-state index is 0.0299. The van der Waals surface area contributed by atoms with E-state index in [4.69, 9.17) is 0 Å². The highest BCUT2D eigenvalue weighted by Gasteiger charge is 2.19. The highest BCUT2D eigenvalue weighted by molar-refractivity contribution is 7.89. The van der Waals surface area contributed by atoms with E-state index in [9.17, 15) is 17.2 Å². The predicted molar refractivity (Wildman–Crippen MR) is 91.0 cm³/mol. The van der Waals surface area contributed by atoms with Crippen LogP contribution >= 0.6 is 0 Å². The third-order valence-electron chi connectivity index (χ3n) is 3.10. The average Bonchev–Trinajstić information content (AvgIpc) is 2.54. The Morgan fingerprint density at radius 2 is 1.84 bits per heavy atom. The molecule has 0 bridgehead atoms. The van der Waals surface area contributed by atoms with Crippen molar-refractivity contribution in [2.24, 2.45) is 0 Å². The number of hydrogen-bond donors (Lipinski definition) is 3. The SMILES string of the molecule is CCNc1nc(C)cc(NCCNS(=O)(=O)c2cc(F)ccc2F)n1. The maximum absolute atomic E-state index is 13.6. The molecule has 1 aromatic carbocycles. The zero-order valence-electron chi connectivity index (χ0n) is 13.8. The molecule has 136 valence electrons. The molecular formula is C15H19F2N5O2S. The maximum Gasteiger partial charge on any atom is 0.243 e. The second-order valence-electron chi connectivity index (χ2n) is 5.15. The average molecular weight is 371 g/mol. The molecule has 0 amide bonds. The summed E-state index contributed by atoms with van der Waals surface area (Å²) in [6.45, 7) is 4.57. The van der Waals surface area contributed by atoms with Gasteiger partial charge < -0.3 is 10.6 Å². The van der Waals surface area contributed by atoms with Gasteiger partial charge in [-0.25, -0.2) is 26.9 Å². The lowest BCUT2D eigenvalue weighted by atomic mass is 10.3. The Bertz CT molecular complexity index is 846. The van der Waals surface area contributed by atoms with Crippen molar-refractivity contribution in [1.29, 1.82) is 0 Å². The van der Waals surface area contributed by atoms with Crippen molar-refractivity contribution in [3.05, 3.63) is 41.6 Å². The van der Waals surface area contributed by atoms with E-state index in [1.54, 1.807) is 6.07 Å². The summed E-state index contributed by atoms with van der Waals surface area (Å²) in [7, 11) is -4.14. The van der Waals surface area contributed by atoms with Gasteiger partial charge in [0.2, 0.25) is 16.0 Å². The molecule has 0 atom stereocenters. The summed E-state index contributed by atoms with van der Waals surface area (Å²) in [6, 6.07) is 3.98. The van der Waals surface area contributed by atoms with E-state index >= 15 is 0 Å². The quantitative estimate of drug-likeness (QED) is 0.613. The highest BCUT2D eigenvalue weighted by Crippen LogP contribution is 2.15. The number of anilines is 2. The summed E-state index contributed by atoms with van der Waals surface area (Å²) in [5.74, 6) is -0.845. The zero-order chi connectivity index (χ0) is 18.4. The first-order valence-electron chi connectivity index (χ1n) is 7.60. The first-order valence-corrected chi connectivity index (χ1v) is 9.08. The Kier molecular flexibility index (Phi) is 6.21. The van der Waals surface area contributed by atoms with Crippen LogP contribution in [-0.4, -0.2) is 38.0 Å². The molecule has 0 unspecified atom stereocenters. The third kappa shape index (κ3) is 5.33. The molecule has 0 saturated heterocycles. The van der Waals surface area contributed by atoms with Gasteiger partial charge in [0.15, 0.2) is 0 Å². The normalized spacial score (nSPS) is 11.4. The first kappa shape index (κ1) is 19.0. The number of aromatic nitrogens is 2. The van der Waals surface area contributed by atoms with E-state index in [0.29, 0.717) is 24.4 Å². The summed E-state index contributed by atoms with van der Waals surface area (Å²) in [5, 5.41) is 5.93. The van der Waals surface area contributed by atoms with Crippen LogP contribution < -0.4 is 15.4 Å². The van der Waals surface area contributed by atoms with Gasteiger partial charge in [0.05, 0.1) is 0 Å². The molecule has 0 radical (unpaired) electrons. The molecule has 0 aliphatic rings. The molecule has 2 rings (SSSR count). The lowest BCUT2D eigenvalue weighted by Crippen LogP contribution is -2.29. The Labute approximate surface area is 144 Å². The van der Waals surface area contributed by atoms with Crippen molar-refractivity contribution in [1.82, 2.24) is 14.7 Å². The van der Waals surface area contributed by atoms with Gasteiger partial charge in [-0.05, 0) is 32.0 Å². The molecule has 0 aliphatic heterocycles. The molecule has 1 aromatic heterocycles. The summed E-state index contributed by atoms with van der Waals surface area (Å²) < 4.78 is 53.0. The van der Waals surface area contributed by atoms with E-state index in [-0.39, 0.29) is 13.1 Å². The van der Waals surface area contributed by atoms with Crippen LogP contribution in [-0.2, 0) is 10.0 Å². The number of benzene rings is 1. The largest absolute Gasteiger partial charge is 0.369 e. The fourth-order valence-corrected chi connectivity index (χ4v) is 3.15. The fourth-order valence-electron chi connectivity index (χ4n) is 2.03. The van der Waals surface area contributed by atoms with Gasteiger partial charge in [-0.15, -0.1) is 0 Å². The number of rotatable bonds is 8. The summed E-state index contributed by atoms with van der Waals surface area (Å²) in [6.07, 6.45) is 0. The summed E-state index contributed by atoms with van der Waals surface area (Å²) >= 11 is 0. The van der Waals surface area contributed by atoms with Crippen LogP contribution in [0.3, 0.4) is 0 Å². The lowest BCUT2D eigenvalue weighted by molar-refractivity contribution is 0.546. The van der Waals surface area contributed by atoms with Crippen LogP contribution in [0.2, 0.25) is 0 Å². The molecule has 0 spiro atoms. The van der Waals surface area contributed by atoms with Crippen LogP contribution in [0.25, 0.3) is 0 Å². The molecular weight excluding hydrogens is 352 g/mol. The second-order valence-corrected chi connectivity index (χ2v) is 6.88.